The van der Waals surface area contributed by atoms with Gasteiger partial charge in [0.25, 0.3) is 0 Å². The first-order chi connectivity index (χ1) is 19.2. The smallest absolute Gasteiger partial charge is 0.228 e. The molecule has 0 unspecified atom stereocenters. The summed E-state index contributed by atoms with van der Waals surface area (Å²) in [5, 5.41) is 6.87. The summed E-state index contributed by atoms with van der Waals surface area (Å²) in [5.74, 6) is 3.55. The molecule has 0 aliphatic carbocycles. The second-order valence-electron chi connectivity index (χ2n) is 9.22. The lowest BCUT2D eigenvalue weighted by molar-refractivity contribution is 0.354. The molecule has 39 heavy (non-hydrogen) atoms. The van der Waals surface area contributed by atoms with E-state index >= 15 is 0 Å². The maximum atomic E-state index is 6.54. The van der Waals surface area contributed by atoms with Crippen LogP contribution < -0.4 is 18.9 Å². The average molecular weight is 517 g/mol. The van der Waals surface area contributed by atoms with E-state index in [1.54, 1.807) is 32.2 Å². The second-order valence-corrected chi connectivity index (χ2v) is 9.22. The van der Waals surface area contributed by atoms with Gasteiger partial charge in [0, 0.05) is 16.9 Å². The van der Waals surface area contributed by atoms with Crippen molar-refractivity contribution in [2.45, 2.75) is 5.92 Å². The summed E-state index contributed by atoms with van der Waals surface area (Å²) < 4.78 is 25.0. The number of hydrogen-bond donors (Lipinski definition) is 0. The molecule has 4 aromatic carbocycles. The highest BCUT2D eigenvalue weighted by atomic mass is 16.5. The molecule has 1 aliphatic heterocycles. The zero-order valence-electron chi connectivity index (χ0n) is 21.6. The molecule has 7 rings (SSSR count). The van der Waals surface area contributed by atoms with Crippen LogP contribution in [0.5, 0.6) is 28.9 Å². The van der Waals surface area contributed by atoms with Crippen LogP contribution in [0.1, 0.15) is 22.6 Å². The highest BCUT2D eigenvalue weighted by Gasteiger charge is 2.35. The van der Waals surface area contributed by atoms with Crippen LogP contribution in [0.3, 0.4) is 0 Å². The maximum absolute atomic E-state index is 6.54. The van der Waals surface area contributed by atoms with Gasteiger partial charge in [-0.1, -0.05) is 54.6 Å². The van der Waals surface area contributed by atoms with Crippen molar-refractivity contribution in [3.63, 3.8) is 0 Å². The van der Waals surface area contributed by atoms with Crippen LogP contribution in [-0.4, -0.2) is 40.9 Å². The summed E-state index contributed by atoms with van der Waals surface area (Å²) >= 11 is 0. The lowest BCUT2D eigenvalue weighted by atomic mass is 9.82. The van der Waals surface area contributed by atoms with Crippen molar-refractivity contribution >= 4 is 16.4 Å². The van der Waals surface area contributed by atoms with Crippen molar-refractivity contribution in [3.8, 4) is 40.3 Å². The standard InChI is InChI=1S/C31H24N4O4/c1-36-23-11-7-6-10-21(23)29-33-30-27-26(19-13-15-24(37-2)25(16-19)38-3)22-14-12-18-8-4-5-9-20(18)28(22)39-31(27)32-17-35(30)34-29/h4-17,26H,1-3H3/t26-/m1/s1. The molecule has 0 saturated heterocycles. The van der Waals surface area contributed by atoms with E-state index in [-0.39, 0.29) is 5.92 Å². The summed E-state index contributed by atoms with van der Waals surface area (Å²) in [6, 6.07) is 26.1. The Morgan fingerprint density at radius 2 is 1.59 bits per heavy atom. The number of methoxy groups -OCH3 is 3. The zero-order chi connectivity index (χ0) is 26.5. The molecule has 0 saturated carbocycles. The predicted molar refractivity (Wildman–Crippen MR) is 147 cm³/mol. The van der Waals surface area contributed by atoms with Crippen molar-refractivity contribution in [2.24, 2.45) is 0 Å². The Kier molecular flexibility index (Phi) is 5.33. The van der Waals surface area contributed by atoms with E-state index in [9.17, 15) is 0 Å². The molecule has 0 spiro atoms. The van der Waals surface area contributed by atoms with Crippen molar-refractivity contribution < 1.29 is 18.9 Å². The van der Waals surface area contributed by atoms with Crippen LogP contribution in [-0.2, 0) is 0 Å². The highest BCUT2D eigenvalue weighted by Crippen LogP contribution is 2.51. The quantitative estimate of drug-likeness (QED) is 0.267. The fourth-order valence-electron chi connectivity index (χ4n) is 5.37. The van der Waals surface area contributed by atoms with Gasteiger partial charge < -0.3 is 18.9 Å². The van der Waals surface area contributed by atoms with Crippen LogP contribution in [0.4, 0.5) is 0 Å². The number of hydrogen-bond acceptors (Lipinski definition) is 7. The normalized spacial score (nSPS) is 14.0. The number of fused-ring (bicyclic) bond motifs is 6. The van der Waals surface area contributed by atoms with Gasteiger partial charge in [0.2, 0.25) is 5.88 Å². The van der Waals surface area contributed by atoms with Crippen LogP contribution >= 0.6 is 0 Å². The molecule has 0 N–H and O–H groups in total. The Balaban J connectivity index is 1.51. The summed E-state index contributed by atoms with van der Waals surface area (Å²) in [5.41, 5.74) is 4.26. The highest BCUT2D eigenvalue weighted by molar-refractivity contribution is 5.91. The third-order valence-corrected chi connectivity index (χ3v) is 7.18. The molecule has 0 bridgehead atoms. The fourth-order valence-corrected chi connectivity index (χ4v) is 5.37. The number of benzene rings is 4. The molecule has 1 atom stereocenters. The maximum Gasteiger partial charge on any atom is 0.228 e. The Labute approximate surface area is 224 Å². The van der Waals surface area contributed by atoms with Crippen molar-refractivity contribution in [2.75, 3.05) is 21.3 Å². The number of nitrogens with zero attached hydrogens (tertiary/aromatic N) is 4. The summed E-state index contributed by atoms with van der Waals surface area (Å²) in [7, 11) is 4.91. The SMILES string of the molecule is COc1ccc([C@@H]2c3ccc4ccccc4c3Oc3ncn4nc(-c5ccccc5OC)nc4c32)cc1OC. The van der Waals surface area contributed by atoms with Crippen LogP contribution in [0.25, 0.3) is 27.8 Å². The first-order valence-electron chi connectivity index (χ1n) is 12.5. The lowest BCUT2D eigenvalue weighted by Gasteiger charge is -2.29. The number of aromatic nitrogens is 4. The van der Waals surface area contributed by atoms with E-state index < -0.39 is 0 Å². The first-order valence-corrected chi connectivity index (χ1v) is 12.5. The molecule has 0 amide bonds. The van der Waals surface area contributed by atoms with Gasteiger partial charge in [0.15, 0.2) is 23.0 Å². The van der Waals surface area contributed by atoms with Crippen molar-refractivity contribution in [1.29, 1.82) is 0 Å². The Morgan fingerprint density at radius 1 is 0.795 bits per heavy atom. The number of ether oxygens (including phenoxy) is 4. The van der Waals surface area contributed by atoms with Gasteiger partial charge in [-0.05, 0) is 35.2 Å². The monoisotopic (exact) mass is 516 g/mol. The van der Waals surface area contributed by atoms with E-state index in [2.05, 4.69) is 24.3 Å². The lowest BCUT2D eigenvalue weighted by Crippen LogP contribution is -2.15. The molecule has 1 aliphatic rings. The molecular formula is C31H24N4O4. The Hall–Kier alpha value is -5.11. The second kappa shape index (κ2) is 9.02. The Bertz CT molecular complexity index is 1880. The predicted octanol–water partition coefficient (Wildman–Crippen LogP) is 6.26. The van der Waals surface area contributed by atoms with E-state index in [4.69, 9.17) is 34.0 Å². The molecule has 8 nitrogen and oxygen atoms in total. The van der Waals surface area contributed by atoms with E-state index in [0.29, 0.717) is 34.6 Å². The van der Waals surface area contributed by atoms with E-state index in [0.717, 1.165) is 38.8 Å². The van der Waals surface area contributed by atoms with Gasteiger partial charge in [-0.15, -0.1) is 5.10 Å². The summed E-state index contributed by atoms with van der Waals surface area (Å²) in [4.78, 5) is 9.69. The average Bonchev–Trinajstić information content (AvgIpc) is 3.44. The largest absolute Gasteiger partial charge is 0.496 e. The van der Waals surface area contributed by atoms with Gasteiger partial charge in [0.1, 0.15) is 17.8 Å². The van der Waals surface area contributed by atoms with Gasteiger partial charge in [0.05, 0.1) is 32.5 Å². The van der Waals surface area contributed by atoms with Gasteiger partial charge >= 0.3 is 0 Å². The van der Waals surface area contributed by atoms with Gasteiger partial charge in [-0.2, -0.15) is 0 Å². The minimum Gasteiger partial charge on any atom is -0.496 e. The van der Waals surface area contributed by atoms with E-state index in [1.165, 1.54) is 0 Å². The molecule has 3 heterocycles. The van der Waals surface area contributed by atoms with Crippen LogP contribution in [0.2, 0.25) is 0 Å². The molecule has 0 fully saturated rings. The molecule has 6 aromatic rings. The summed E-state index contributed by atoms with van der Waals surface area (Å²) in [6.45, 7) is 0. The van der Waals surface area contributed by atoms with Crippen molar-refractivity contribution in [3.05, 3.63) is 102 Å². The minimum atomic E-state index is -0.251. The third-order valence-electron chi connectivity index (χ3n) is 7.18. The Morgan fingerprint density at radius 3 is 2.44 bits per heavy atom. The number of para-hydroxylation sites is 1. The number of rotatable bonds is 5. The molecule has 2 aromatic heterocycles. The summed E-state index contributed by atoms with van der Waals surface area (Å²) in [6.07, 6.45) is 1.64. The van der Waals surface area contributed by atoms with Gasteiger partial charge in [-0.3, -0.25) is 0 Å². The topological polar surface area (TPSA) is 80.0 Å². The fraction of sp³-hybridized carbons (Fsp3) is 0.129. The molecule has 8 heteroatoms. The zero-order valence-corrected chi connectivity index (χ0v) is 21.6. The van der Waals surface area contributed by atoms with Crippen LogP contribution in [0, 0.1) is 0 Å². The van der Waals surface area contributed by atoms with Gasteiger partial charge in [-0.25, -0.2) is 14.5 Å². The molecular weight excluding hydrogens is 492 g/mol. The minimum absolute atomic E-state index is 0.251. The molecule has 192 valence electrons. The molecule has 0 radical (unpaired) electrons. The third kappa shape index (κ3) is 3.56. The van der Waals surface area contributed by atoms with E-state index in [1.807, 2.05) is 54.6 Å². The van der Waals surface area contributed by atoms with Crippen LogP contribution in [0.15, 0.2) is 85.2 Å². The first kappa shape index (κ1) is 23.0. The van der Waals surface area contributed by atoms with Crippen molar-refractivity contribution in [1.82, 2.24) is 19.6 Å².